The van der Waals surface area contributed by atoms with Crippen molar-refractivity contribution < 1.29 is 4.74 Å². The first-order chi connectivity index (χ1) is 11.7. The molecule has 0 bridgehead atoms. The van der Waals surface area contributed by atoms with E-state index in [4.69, 9.17) is 4.74 Å². The fourth-order valence-corrected chi connectivity index (χ4v) is 3.26. The van der Waals surface area contributed by atoms with Crippen LogP contribution in [-0.4, -0.2) is 53.1 Å². The smallest absolute Gasteiger partial charge is 0.193 e. The van der Waals surface area contributed by atoms with Crippen molar-refractivity contribution in [3.63, 3.8) is 0 Å². The second kappa shape index (κ2) is 9.38. The molecule has 2 aromatic heterocycles. The zero-order chi connectivity index (χ0) is 16.9. The van der Waals surface area contributed by atoms with E-state index in [0.717, 1.165) is 49.8 Å². The van der Waals surface area contributed by atoms with Gasteiger partial charge >= 0.3 is 0 Å². The average molecular weight is 457 g/mol. The summed E-state index contributed by atoms with van der Waals surface area (Å²) in [6, 6.07) is 6.16. The molecule has 0 unspecified atom stereocenters. The third-order valence-corrected chi connectivity index (χ3v) is 4.53. The first kappa shape index (κ1) is 20.0. The van der Waals surface area contributed by atoms with Gasteiger partial charge in [0.1, 0.15) is 5.65 Å². The maximum Gasteiger partial charge on any atom is 0.193 e. The Hall–Kier alpha value is -1.35. The molecule has 1 aliphatic heterocycles. The Kier molecular flexibility index (Phi) is 7.49. The number of halogens is 1. The lowest BCUT2D eigenvalue weighted by Gasteiger charge is -2.33. The minimum Gasteiger partial charge on any atom is -0.378 e. The summed E-state index contributed by atoms with van der Waals surface area (Å²) in [4.78, 5) is 11.4. The Morgan fingerprint density at radius 3 is 2.76 bits per heavy atom. The van der Waals surface area contributed by atoms with Gasteiger partial charge in [0, 0.05) is 38.6 Å². The number of aromatic nitrogens is 2. The summed E-state index contributed by atoms with van der Waals surface area (Å²) in [5, 5.41) is 3.44. The number of fused-ring (bicyclic) bond motifs is 1. The van der Waals surface area contributed by atoms with E-state index in [1.165, 1.54) is 5.69 Å². The zero-order valence-corrected chi connectivity index (χ0v) is 17.6. The number of guanidine groups is 1. The highest BCUT2D eigenvalue weighted by molar-refractivity contribution is 14.0. The van der Waals surface area contributed by atoms with Gasteiger partial charge in [-0.25, -0.2) is 4.98 Å². The first-order valence-corrected chi connectivity index (χ1v) is 8.72. The van der Waals surface area contributed by atoms with Crippen molar-refractivity contribution in [2.45, 2.75) is 39.3 Å². The number of piperidine rings is 1. The highest BCUT2D eigenvalue weighted by atomic mass is 127. The second-order valence-electron chi connectivity index (χ2n) is 6.17. The standard InChI is InChI=1S/C18H27N5O.HI/c1-4-24-16-8-10-22(11-9-16)18(19-3)20-12-15-13-23-14(2)6-5-7-17(23)21-15;/h5-7,13,16H,4,8-12H2,1-3H3,(H,19,20);1H. The van der Waals surface area contributed by atoms with Crippen LogP contribution >= 0.6 is 24.0 Å². The Balaban J connectivity index is 0.00000225. The van der Waals surface area contributed by atoms with Crippen LogP contribution < -0.4 is 5.32 Å². The van der Waals surface area contributed by atoms with E-state index in [2.05, 4.69) is 50.7 Å². The lowest BCUT2D eigenvalue weighted by molar-refractivity contribution is 0.0263. The van der Waals surface area contributed by atoms with E-state index in [0.29, 0.717) is 12.6 Å². The fourth-order valence-electron chi connectivity index (χ4n) is 3.26. The Morgan fingerprint density at radius 2 is 2.12 bits per heavy atom. The molecule has 0 radical (unpaired) electrons. The molecule has 0 amide bonds. The van der Waals surface area contributed by atoms with Gasteiger partial charge in [0.05, 0.1) is 18.3 Å². The molecule has 1 aliphatic rings. The van der Waals surface area contributed by atoms with Crippen LogP contribution in [0.15, 0.2) is 29.4 Å². The van der Waals surface area contributed by atoms with Crippen molar-refractivity contribution in [1.82, 2.24) is 19.6 Å². The van der Waals surface area contributed by atoms with Crippen molar-refractivity contribution >= 4 is 35.6 Å². The SMILES string of the molecule is CCOC1CCN(C(=NC)NCc2cn3c(C)cccc3n2)CC1.I. The molecule has 1 saturated heterocycles. The van der Waals surface area contributed by atoms with Crippen molar-refractivity contribution in [1.29, 1.82) is 0 Å². The summed E-state index contributed by atoms with van der Waals surface area (Å²) in [6.45, 7) is 7.59. The molecule has 0 atom stereocenters. The summed E-state index contributed by atoms with van der Waals surface area (Å²) in [5.74, 6) is 0.943. The van der Waals surface area contributed by atoms with Gasteiger partial charge in [0.25, 0.3) is 0 Å². The third kappa shape index (κ3) is 4.84. The molecule has 0 aromatic carbocycles. The van der Waals surface area contributed by atoms with E-state index in [9.17, 15) is 0 Å². The highest BCUT2D eigenvalue weighted by Gasteiger charge is 2.21. The lowest BCUT2D eigenvalue weighted by Crippen LogP contribution is -2.46. The lowest BCUT2D eigenvalue weighted by atomic mass is 10.1. The van der Waals surface area contributed by atoms with Gasteiger partial charge in [-0.2, -0.15) is 0 Å². The third-order valence-electron chi connectivity index (χ3n) is 4.53. The van der Waals surface area contributed by atoms with Crippen LogP contribution in [0.25, 0.3) is 5.65 Å². The first-order valence-electron chi connectivity index (χ1n) is 8.72. The van der Waals surface area contributed by atoms with Crippen LogP contribution in [0.2, 0.25) is 0 Å². The molecule has 1 N–H and O–H groups in total. The second-order valence-corrected chi connectivity index (χ2v) is 6.17. The maximum absolute atomic E-state index is 5.72. The molecule has 3 heterocycles. The molecule has 0 saturated carbocycles. The molecule has 0 aliphatic carbocycles. The number of pyridine rings is 1. The van der Waals surface area contributed by atoms with Crippen molar-refractivity contribution in [3.05, 3.63) is 35.8 Å². The molecule has 7 heteroatoms. The Labute approximate surface area is 166 Å². The van der Waals surface area contributed by atoms with Gasteiger partial charge in [0.15, 0.2) is 5.96 Å². The average Bonchev–Trinajstić information content (AvgIpc) is 3.02. The summed E-state index contributed by atoms with van der Waals surface area (Å²) < 4.78 is 7.84. The molecule has 1 fully saturated rings. The van der Waals surface area contributed by atoms with Gasteiger partial charge in [-0.1, -0.05) is 6.07 Å². The number of rotatable bonds is 4. The van der Waals surface area contributed by atoms with Gasteiger partial charge < -0.3 is 19.4 Å². The number of imidazole rings is 1. The summed E-state index contributed by atoms with van der Waals surface area (Å²) in [6.07, 6.45) is 4.60. The van der Waals surface area contributed by atoms with Crippen molar-refractivity contribution in [2.75, 3.05) is 26.7 Å². The number of hydrogen-bond acceptors (Lipinski definition) is 3. The minimum absolute atomic E-state index is 0. The number of nitrogens with one attached hydrogen (secondary N) is 1. The number of likely N-dealkylation sites (tertiary alicyclic amines) is 1. The minimum atomic E-state index is 0. The number of hydrogen-bond donors (Lipinski definition) is 1. The zero-order valence-electron chi connectivity index (χ0n) is 15.2. The molecule has 25 heavy (non-hydrogen) atoms. The van der Waals surface area contributed by atoms with E-state index >= 15 is 0 Å². The molecule has 2 aromatic rings. The molecular weight excluding hydrogens is 429 g/mol. The molecule has 3 rings (SSSR count). The van der Waals surface area contributed by atoms with Crippen molar-refractivity contribution in [2.24, 2.45) is 4.99 Å². The monoisotopic (exact) mass is 457 g/mol. The van der Waals surface area contributed by atoms with Gasteiger partial charge in [-0.05, 0) is 38.8 Å². The molecule has 0 spiro atoms. The molecule has 6 nitrogen and oxygen atoms in total. The van der Waals surface area contributed by atoms with Crippen LogP contribution in [0.1, 0.15) is 31.2 Å². The van der Waals surface area contributed by atoms with E-state index in [1.54, 1.807) is 0 Å². The number of nitrogens with zero attached hydrogens (tertiary/aromatic N) is 4. The highest BCUT2D eigenvalue weighted by Crippen LogP contribution is 2.14. The maximum atomic E-state index is 5.72. The van der Waals surface area contributed by atoms with E-state index in [1.807, 2.05) is 19.2 Å². The number of aliphatic imine (C=N–C) groups is 1. The van der Waals surface area contributed by atoms with Gasteiger partial charge in [-0.15, -0.1) is 24.0 Å². The predicted molar refractivity (Wildman–Crippen MR) is 112 cm³/mol. The Morgan fingerprint density at radius 1 is 1.36 bits per heavy atom. The Bertz CT molecular complexity index is 707. The van der Waals surface area contributed by atoms with Crippen LogP contribution in [0.5, 0.6) is 0 Å². The van der Waals surface area contributed by atoms with Crippen LogP contribution in [0, 0.1) is 6.92 Å². The summed E-state index contributed by atoms with van der Waals surface area (Å²) in [7, 11) is 1.84. The number of ether oxygens (including phenoxy) is 1. The predicted octanol–water partition coefficient (Wildman–Crippen LogP) is 2.84. The van der Waals surface area contributed by atoms with E-state index in [-0.39, 0.29) is 24.0 Å². The summed E-state index contributed by atoms with van der Waals surface area (Å²) >= 11 is 0. The van der Waals surface area contributed by atoms with Crippen LogP contribution in [0.3, 0.4) is 0 Å². The van der Waals surface area contributed by atoms with Crippen molar-refractivity contribution in [3.8, 4) is 0 Å². The topological polar surface area (TPSA) is 54.2 Å². The molecule has 138 valence electrons. The molecular formula is C18H28IN5O. The normalized spacial score (nSPS) is 16.1. The van der Waals surface area contributed by atoms with Crippen LogP contribution in [0.4, 0.5) is 0 Å². The largest absolute Gasteiger partial charge is 0.378 e. The summed E-state index contributed by atoms with van der Waals surface area (Å²) in [5.41, 5.74) is 3.20. The quantitative estimate of drug-likeness (QED) is 0.436. The van der Waals surface area contributed by atoms with Gasteiger partial charge in [-0.3, -0.25) is 4.99 Å². The number of aryl methyl sites for hydroxylation is 1. The fraction of sp³-hybridized carbons (Fsp3) is 0.556. The van der Waals surface area contributed by atoms with Gasteiger partial charge in [0.2, 0.25) is 0 Å². The van der Waals surface area contributed by atoms with Crippen LogP contribution in [-0.2, 0) is 11.3 Å². The van der Waals surface area contributed by atoms with E-state index < -0.39 is 0 Å².